The molecule has 0 aliphatic heterocycles. The summed E-state index contributed by atoms with van der Waals surface area (Å²) in [6.45, 7) is 7.85. The van der Waals surface area contributed by atoms with Crippen molar-refractivity contribution in [3.8, 4) is 0 Å². The molecule has 1 atom stereocenters. The molecule has 0 heterocycles. The minimum atomic E-state index is -0.494. The Hall–Kier alpha value is -1.89. The van der Waals surface area contributed by atoms with Crippen LogP contribution in [0.15, 0.2) is 12.7 Å². The molecule has 0 fully saturated rings. The van der Waals surface area contributed by atoms with Gasteiger partial charge in [0.1, 0.15) is 19.8 Å². The van der Waals surface area contributed by atoms with E-state index in [2.05, 4.69) is 6.58 Å². The van der Waals surface area contributed by atoms with Gasteiger partial charge in [-0.1, -0.05) is 20.4 Å². The molecule has 0 aromatic heterocycles. The summed E-state index contributed by atoms with van der Waals surface area (Å²) < 4.78 is 19.8. The summed E-state index contributed by atoms with van der Waals surface area (Å²) in [5.41, 5.74) is 0. The minimum Gasteiger partial charge on any atom is -0.462 e. The number of carbonyl (C=O) groups excluding carboxylic acids is 3. The quantitative estimate of drug-likeness (QED) is 0.219. The zero-order valence-electron chi connectivity index (χ0n) is 13.9. The van der Waals surface area contributed by atoms with E-state index >= 15 is 0 Å². The van der Waals surface area contributed by atoms with Crippen LogP contribution in [0.2, 0.25) is 0 Å². The number of hydrogen-bond donors (Lipinski definition) is 0. The Morgan fingerprint density at radius 1 is 1.00 bits per heavy atom. The van der Waals surface area contributed by atoms with Crippen molar-refractivity contribution in [3.63, 3.8) is 0 Å². The number of ether oxygens (including phenoxy) is 4. The standard InChI is InChI=1S/C16H26O7/c1-4-13(3)16(19)23-12-11-22-15(18)7-6-8-20-9-10-21-14(17)5-2/h5,13H,2,4,6-12H2,1,3H3. The van der Waals surface area contributed by atoms with Gasteiger partial charge in [0, 0.05) is 19.1 Å². The fraction of sp³-hybridized carbons (Fsp3) is 0.688. The first-order valence-electron chi connectivity index (χ1n) is 7.70. The van der Waals surface area contributed by atoms with Crippen molar-refractivity contribution in [1.29, 1.82) is 0 Å². The molecule has 0 saturated heterocycles. The lowest BCUT2D eigenvalue weighted by Gasteiger charge is -2.09. The Balaban J connectivity index is 3.42. The predicted molar refractivity (Wildman–Crippen MR) is 82.6 cm³/mol. The highest BCUT2D eigenvalue weighted by molar-refractivity contribution is 5.81. The molecule has 0 aromatic carbocycles. The van der Waals surface area contributed by atoms with Crippen molar-refractivity contribution in [2.24, 2.45) is 5.92 Å². The second kappa shape index (κ2) is 13.8. The van der Waals surface area contributed by atoms with Crippen LogP contribution < -0.4 is 0 Å². The fourth-order valence-corrected chi connectivity index (χ4v) is 1.36. The van der Waals surface area contributed by atoms with Crippen molar-refractivity contribution in [3.05, 3.63) is 12.7 Å². The average Bonchev–Trinajstić information content (AvgIpc) is 2.56. The number of hydrogen-bond acceptors (Lipinski definition) is 7. The van der Waals surface area contributed by atoms with Crippen LogP contribution >= 0.6 is 0 Å². The van der Waals surface area contributed by atoms with Crippen LogP contribution in [0.5, 0.6) is 0 Å². The van der Waals surface area contributed by atoms with E-state index < -0.39 is 5.97 Å². The maximum absolute atomic E-state index is 11.4. The lowest BCUT2D eigenvalue weighted by molar-refractivity contribution is -0.155. The first-order valence-corrected chi connectivity index (χ1v) is 7.70. The van der Waals surface area contributed by atoms with E-state index in [1.54, 1.807) is 6.92 Å². The molecule has 0 aliphatic rings. The Morgan fingerprint density at radius 3 is 2.30 bits per heavy atom. The lowest BCUT2D eigenvalue weighted by Crippen LogP contribution is -2.18. The topological polar surface area (TPSA) is 88.1 Å². The zero-order valence-corrected chi connectivity index (χ0v) is 13.9. The van der Waals surface area contributed by atoms with Crippen LogP contribution in [-0.2, 0) is 33.3 Å². The number of esters is 3. The van der Waals surface area contributed by atoms with E-state index in [1.807, 2.05) is 6.92 Å². The van der Waals surface area contributed by atoms with Gasteiger partial charge in [-0.2, -0.15) is 0 Å². The van der Waals surface area contributed by atoms with Crippen LogP contribution in [0.25, 0.3) is 0 Å². The zero-order chi connectivity index (χ0) is 17.5. The van der Waals surface area contributed by atoms with Crippen molar-refractivity contribution in [2.75, 3.05) is 33.0 Å². The maximum atomic E-state index is 11.4. The molecule has 0 aliphatic carbocycles. The monoisotopic (exact) mass is 330 g/mol. The maximum Gasteiger partial charge on any atom is 0.330 e. The van der Waals surface area contributed by atoms with Crippen molar-refractivity contribution in [2.45, 2.75) is 33.1 Å². The van der Waals surface area contributed by atoms with E-state index in [-0.39, 0.29) is 50.7 Å². The van der Waals surface area contributed by atoms with Crippen LogP contribution in [-0.4, -0.2) is 50.9 Å². The van der Waals surface area contributed by atoms with E-state index in [9.17, 15) is 14.4 Å². The van der Waals surface area contributed by atoms with Crippen LogP contribution in [0.3, 0.4) is 0 Å². The molecule has 7 heteroatoms. The highest BCUT2D eigenvalue weighted by Crippen LogP contribution is 2.03. The molecule has 7 nitrogen and oxygen atoms in total. The van der Waals surface area contributed by atoms with Crippen molar-refractivity contribution >= 4 is 17.9 Å². The third kappa shape index (κ3) is 12.3. The van der Waals surface area contributed by atoms with E-state index in [0.29, 0.717) is 19.4 Å². The van der Waals surface area contributed by atoms with Crippen LogP contribution in [0, 0.1) is 5.92 Å². The average molecular weight is 330 g/mol. The van der Waals surface area contributed by atoms with Gasteiger partial charge in [0.15, 0.2) is 0 Å². The second-order valence-corrected chi connectivity index (χ2v) is 4.78. The SMILES string of the molecule is C=CC(=O)OCCOCCCC(=O)OCCOC(=O)C(C)CC. The first kappa shape index (κ1) is 21.1. The Morgan fingerprint density at radius 2 is 1.65 bits per heavy atom. The van der Waals surface area contributed by atoms with Crippen molar-refractivity contribution < 1.29 is 33.3 Å². The van der Waals surface area contributed by atoms with Gasteiger partial charge < -0.3 is 18.9 Å². The minimum absolute atomic E-state index is 0.0549. The van der Waals surface area contributed by atoms with Crippen LogP contribution in [0.1, 0.15) is 33.1 Å². The Kier molecular flexibility index (Phi) is 12.6. The van der Waals surface area contributed by atoms with E-state index in [1.165, 1.54) is 0 Å². The third-order valence-corrected chi connectivity index (χ3v) is 2.91. The molecule has 132 valence electrons. The summed E-state index contributed by atoms with van der Waals surface area (Å²) in [7, 11) is 0. The fourth-order valence-electron chi connectivity index (χ4n) is 1.36. The molecular formula is C16H26O7. The van der Waals surface area contributed by atoms with Gasteiger partial charge in [-0.15, -0.1) is 0 Å². The molecule has 0 spiro atoms. The summed E-state index contributed by atoms with van der Waals surface area (Å²) >= 11 is 0. The van der Waals surface area contributed by atoms with Crippen molar-refractivity contribution in [1.82, 2.24) is 0 Å². The third-order valence-electron chi connectivity index (χ3n) is 2.91. The second-order valence-electron chi connectivity index (χ2n) is 4.78. The largest absolute Gasteiger partial charge is 0.462 e. The Labute approximate surface area is 136 Å². The highest BCUT2D eigenvalue weighted by atomic mass is 16.6. The number of carbonyl (C=O) groups is 3. The Bertz CT molecular complexity index is 379. The van der Waals surface area contributed by atoms with Gasteiger partial charge in [0.25, 0.3) is 0 Å². The first-order chi connectivity index (χ1) is 11.0. The summed E-state index contributed by atoms with van der Waals surface area (Å²) in [5, 5.41) is 0. The smallest absolute Gasteiger partial charge is 0.330 e. The number of rotatable bonds is 13. The molecule has 0 rings (SSSR count). The molecule has 23 heavy (non-hydrogen) atoms. The van der Waals surface area contributed by atoms with Gasteiger partial charge in [0.2, 0.25) is 0 Å². The molecule has 0 amide bonds. The molecular weight excluding hydrogens is 304 g/mol. The normalized spacial score (nSPS) is 11.4. The molecule has 0 N–H and O–H groups in total. The summed E-state index contributed by atoms with van der Waals surface area (Å²) in [5.74, 6) is -1.29. The van der Waals surface area contributed by atoms with Crippen LogP contribution in [0.4, 0.5) is 0 Å². The van der Waals surface area contributed by atoms with Gasteiger partial charge in [0.05, 0.1) is 12.5 Å². The van der Waals surface area contributed by atoms with Gasteiger partial charge in [-0.05, 0) is 12.8 Å². The van der Waals surface area contributed by atoms with E-state index in [0.717, 1.165) is 6.08 Å². The predicted octanol–water partition coefficient (Wildman–Crippen LogP) is 1.64. The van der Waals surface area contributed by atoms with Gasteiger partial charge in [-0.25, -0.2) is 4.79 Å². The summed E-state index contributed by atoms with van der Waals surface area (Å²) in [4.78, 5) is 33.5. The van der Waals surface area contributed by atoms with E-state index in [4.69, 9.17) is 18.9 Å². The lowest BCUT2D eigenvalue weighted by atomic mass is 10.1. The molecule has 0 aromatic rings. The molecule has 1 unspecified atom stereocenters. The molecule has 0 saturated carbocycles. The van der Waals surface area contributed by atoms with Gasteiger partial charge in [-0.3, -0.25) is 9.59 Å². The molecule has 0 bridgehead atoms. The summed E-state index contributed by atoms with van der Waals surface area (Å²) in [6, 6.07) is 0. The highest BCUT2D eigenvalue weighted by Gasteiger charge is 2.11. The summed E-state index contributed by atoms with van der Waals surface area (Å²) in [6.07, 6.45) is 2.51. The van der Waals surface area contributed by atoms with Gasteiger partial charge >= 0.3 is 17.9 Å². The molecule has 0 radical (unpaired) electrons.